The van der Waals surface area contributed by atoms with E-state index in [2.05, 4.69) is 11.0 Å². The fraction of sp³-hybridized carbons (Fsp3) is 0.667. The molecule has 1 amide bonds. The van der Waals surface area contributed by atoms with E-state index in [9.17, 15) is 4.79 Å². The normalized spacial score (nSPS) is 18.9. The van der Waals surface area contributed by atoms with Crippen molar-refractivity contribution < 1.29 is 19.0 Å². The first-order chi connectivity index (χ1) is 13.3. The standard InChI is InChI=1S/C21H33N3O4/c1-21(2,3)28-20(25)24-9-7-23(8-10-24)18-14-19(26-4)17(22)13-16(18)15-5-11-27-12-6-15/h13-15H,5-12,22H2,1-4H3. The van der Waals surface area contributed by atoms with E-state index in [0.29, 0.717) is 30.4 Å². The molecule has 7 nitrogen and oxygen atoms in total. The fourth-order valence-corrected chi connectivity index (χ4v) is 3.85. The van der Waals surface area contributed by atoms with E-state index in [1.165, 1.54) is 5.56 Å². The number of nitrogens with zero attached hydrogens (tertiary/aromatic N) is 2. The SMILES string of the molecule is COc1cc(N2CCN(C(=O)OC(C)(C)C)CC2)c(C2CCOCC2)cc1N. The number of ether oxygens (including phenoxy) is 3. The van der Waals surface area contributed by atoms with Gasteiger partial charge in [-0.1, -0.05) is 0 Å². The predicted molar refractivity (Wildman–Crippen MR) is 110 cm³/mol. The average molecular weight is 392 g/mol. The molecule has 1 aromatic carbocycles. The van der Waals surface area contributed by atoms with Crippen LogP contribution in [-0.2, 0) is 9.47 Å². The zero-order valence-corrected chi connectivity index (χ0v) is 17.5. The Hall–Kier alpha value is -2.15. The Kier molecular flexibility index (Phi) is 6.23. The number of carbonyl (C=O) groups is 1. The number of hydrogen-bond acceptors (Lipinski definition) is 6. The molecule has 156 valence electrons. The Morgan fingerprint density at radius 1 is 1.14 bits per heavy atom. The summed E-state index contributed by atoms with van der Waals surface area (Å²) in [6, 6.07) is 4.10. The number of benzene rings is 1. The third-order valence-electron chi connectivity index (χ3n) is 5.31. The Bertz CT molecular complexity index is 688. The maximum atomic E-state index is 12.4. The Balaban J connectivity index is 1.76. The third-order valence-corrected chi connectivity index (χ3v) is 5.31. The number of nitrogen functional groups attached to an aromatic ring is 1. The maximum Gasteiger partial charge on any atom is 0.410 e. The quantitative estimate of drug-likeness (QED) is 0.797. The summed E-state index contributed by atoms with van der Waals surface area (Å²) in [5, 5.41) is 0. The molecule has 2 fully saturated rings. The van der Waals surface area contributed by atoms with Crippen LogP contribution in [0.3, 0.4) is 0 Å². The second-order valence-electron chi connectivity index (χ2n) is 8.49. The van der Waals surface area contributed by atoms with Crippen LogP contribution in [0.1, 0.15) is 45.1 Å². The molecule has 0 aliphatic carbocycles. The molecule has 1 aromatic rings. The number of rotatable bonds is 3. The molecule has 0 bridgehead atoms. The zero-order valence-electron chi connectivity index (χ0n) is 17.5. The van der Waals surface area contributed by atoms with Crippen molar-refractivity contribution >= 4 is 17.5 Å². The van der Waals surface area contributed by atoms with Crippen molar-refractivity contribution in [3.05, 3.63) is 17.7 Å². The number of piperazine rings is 1. The van der Waals surface area contributed by atoms with Gasteiger partial charge in [0, 0.05) is 51.1 Å². The molecular weight excluding hydrogens is 358 g/mol. The van der Waals surface area contributed by atoms with E-state index in [0.717, 1.165) is 44.8 Å². The molecule has 2 aliphatic rings. The lowest BCUT2D eigenvalue weighted by Gasteiger charge is -2.38. The van der Waals surface area contributed by atoms with Crippen LogP contribution >= 0.6 is 0 Å². The summed E-state index contributed by atoms with van der Waals surface area (Å²) in [7, 11) is 1.64. The number of amides is 1. The van der Waals surface area contributed by atoms with Gasteiger partial charge < -0.3 is 29.7 Å². The summed E-state index contributed by atoms with van der Waals surface area (Å²) in [6.45, 7) is 10.0. The summed E-state index contributed by atoms with van der Waals surface area (Å²) in [4.78, 5) is 16.5. The number of hydrogen-bond donors (Lipinski definition) is 1. The minimum absolute atomic E-state index is 0.244. The van der Waals surface area contributed by atoms with Gasteiger partial charge in [0.1, 0.15) is 11.4 Å². The average Bonchev–Trinajstić information content (AvgIpc) is 2.67. The summed E-state index contributed by atoms with van der Waals surface area (Å²) >= 11 is 0. The van der Waals surface area contributed by atoms with Crippen molar-refractivity contribution in [1.29, 1.82) is 0 Å². The van der Waals surface area contributed by atoms with Gasteiger partial charge in [0.15, 0.2) is 0 Å². The van der Waals surface area contributed by atoms with Crippen LogP contribution < -0.4 is 15.4 Å². The van der Waals surface area contributed by atoms with Crippen LogP contribution in [0.15, 0.2) is 12.1 Å². The van der Waals surface area contributed by atoms with Crippen LogP contribution in [0.5, 0.6) is 5.75 Å². The van der Waals surface area contributed by atoms with Gasteiger partial charge in [0.05, 0.1) is 12.8 Å². The molecule has 0 unspecified atom stereocenters. The molecule has 7 heteroatoms. The molecule has 3 rings (SSSR count). The topological polar surface area (TPSA) is 77.3 Å². The molecule has 0 aromatic heterocycles. The molecular formula is C21H33N3O4. The van der Waals surface area contributed by atoms with Crippen molar-refractivity contribution in [1.82, 2.24) is 4.90 Å². The van der Waals surface area contributed by atoms with Crippen LogP contribution in [-0.4, -0.2) is 63.1 Å². The summed E-state index contributed by atoms with van der Waals surface area (Å²) < 4.78 is 16.5. The first-order valence-corrected chi connectivity index (χ1v) is 10.1. The molecule has 28 heavy (non-hydrogen) atoms. The van der Waals surface area contributed by atoms with Gasteiger partial charge in [-0.2, -0.15) is 0 Å². The van der Waals surface area contributed by atoms with E-state index >= 15 is 0 Å². The lowest BCUT2D eigenvalue weighted by Crippen LogP contribution is -2.50. The zero-order chi connectivity index (χ0) is 20.3. The van der Waals surface area contributed by atoms with E-state index in [4.69, 9.17) is 19.9 Å². The van der Waals surface area contributed by atoms with Crippen LogP contribution in [0.2, 0.25) is 0 Å². The van der Waals surface area contributed by atoms with Crippen molar-refractivity contribution in [2.75, 3.05) is 57.1 Å². The van der Waals surface area contributed by atoms with E-state index in [-0.39, 0.29) is 6.09 Å². The second kappa shape index (κ2) is 8.47. The number of methoxy groups -OCH3 is 1. The molecule has 0 spiro atoms. The number of carbonyl (C=O) groups excluding carboxylic acids is 1. The largest absolute Gasteiger partial charge is 0.495 e. The third kappa shape index (κ3) is 4.82. The van der Waals surface area contributed by atoms with Gasteiger partial charge in [0.25, 0.3) is 0 Å². The van der Waals surface area contributed by atoms with E-state index in [1.807, 2.05) is 26.8 Å². The highest BCUT2D eigenvalue weighted by Crippen LogP contribution is 2.40. The highest BCUT2D eigenvalue weighted by Gasteiger charge is 2.29. The molecule has 2 aliphatic heterocycles. The summed E-state index contributed by atoms with van der Waals surface area (Å²) in [6.07, 6.45) is 1.75. The lowest BCUT2D eigenvalue weighted by molar-refractivity contribution is 0.0240. The van der Waals surface area contributed by atoms with Crippen molar-refractivity contribution in [2.45, 2.75) is 45.1 Å². The number of anilines is 2. The molecule has 0 radical (unpaired) electrons. The fourth-order valence-electron chi connectivity index (χ4n) is 3.85. The van der Waals surface area contributed by atoms with Gasteiger partial charge in [-0.25, -0.2) is 4.79 Å². The first kappa shape index (κ1) is 20.6. The van der Waals surface area contributed by atoms with Gasteiger partial charge >= 0.3 is 6.09 Å². The molecule has 2 N–H and O–H groups in total. The van der Waals surface area contributed by atoms with Crippen LogP contribution in [0.4, 0.5) is 16.2 Å². The summed E-state index contributed by atoms with van der Waals surface area (Å²) in [5.41, 5.74) is 8.81. The second-order valence-corrected chi connectivity index (χ2v) is 8.49. The Morgan fingerprint density at radius 3 is 2.36 bits per heavy atom. The van der Waals surface area contributed by atoms with Crippen molar-refractivity contribution in [3.63, 3.8) is 0 Å². The summed E-state index contributed by atoms with van der Waals surface area (Å²) in [5.74, 6) is 1.13. The van der Waals surface area contributed by atoms with Crippen molar-refractivity contribution in [3.8, 4) is 5.75 Å². The van der Waals surface area contributed by atoms with Gasteiger partial charge in [0.2, 0.25) is 0 Å². The predicted octanol–water partition coefficient (Wildman–Crippen LogP) is 3.23. The lowest BCUT2D eigenvalue weighted by atomic mass is 9.89. The Labute approximate surface area is 167 Å². The highest BCUT2D eigenvalue weighted by molar-refractivity contribution is 5.70. The van der Waals surface area contributed by atoms with Crippen molar-refractivity contribution in [2.24, 2.45) is 0 Å². The molecule has 2 saturated heterocycles. The van der Waals surface area contributed by atoms with Crippen LogP contribution in [0, 0.1) is 0 Å². The van der Waals surface area contributed by atoms with Gasteiger partial charge in [-0.3, -0.25) is 0 Å². The Morgan fingerprint density at radius 2 is 1.79 bits per heavy atom. The number of nitrogens with two attached hydrogens (primary N) is 1. The minimum Gasteiger partial charge on any atom is -0.495 e. The monoisotopic (exact) mass is 391 g/mol. The first-order valence-electron chi connectivity index (χ1n) is 10.1. The molecule has 0 saturated carbocycles. The van der Waals surface area contributed by atoms with Gasteiger partial charge in [-0.15, -0.1) is 0 Å². The smallest absolute Gasteiger partial charge is 0.410 e. The molecule has 2 heterocycles. The van der Waals surface area contributed by atoms with E-state index in [1.54, 1.807) is 12.0 Å². The minimum atomic E-state index is -0.477. The van der Waals surface area contributed by atoms with Crippen LogP contribution in [0.25, 0.3) is 0 Å². The van der Waals surface area contributed by atoms with Gasteiger partial charge in [-0.05, 0) is 51.2 Å². The van der Waals surface area contributed by atoms with E-state index < -0.39 is 5.60 Å². The maximum absolute atomic E-state index is 12.4. The highest BCUT2D eigenvalue weighted by atomic mass is 16.6. The molecule has 0 atom stereocenters.